The molecule has 1 amide bonds. The van der Waals surface area contributed by atoms with Crippen LogP contribution in [0.4, 0.5) is 0 Å². The van der Waals surface area contributed by atoms with Gasteiger partial charge in [0.15, 0.2) is 0 Å². The van der Waals surface area contributed by atoms with Gasteiger partial charge in [-0.2, -0.15) is 5.82 Å². The van der Waals surface area contributed by atoms with E-state index in [2.05, 4.69) is 23.3 Å². The molecule has 0 aliphatic rings. The van der Waals surface area contributed by atoms with E-state index in [1.54, 1.807) is 0 Å². The highest BCUT2D eigenvalue weighted by Gasteiger charge is 1.98. The third-order valence-corrected chi connectivity index (χ3v) is 4.07. The maximum absolute atomic E-state index is 11.4. The molecule has 2 nitrogen and oxygen atoms in total. The van der Waals surface area contributed by atoms with Gasteiger partial charge in [0.1, 0.15) is 0 Å². The van der Waals surface area contributed by atoms with Crippen molar-refractivity contribution in [2.24, 2.45) is 0 Å². The van der Waals surface area contributed by atoms with Crippen LogP contribution in [-0.4, -0.2) is 31.7 Å². The van der Waals surface area contributed by atoms with Gasteiger partial charge >= 0.3 is 0 Å². The summed E-state index contributed by atoms with van der Waals surface area (Å²) < 4.78 is 0. The molecule has 5 heteroatoms. The summed E-state index contributed by atoms with van der Waals surface area (Å²) in [6.07, 6.45) is 7.39. The summed E-state index contributed by atoms with van der Waals surface area (Å²) in [5, 5.41) is 2.81. The Hall–Kier alpha value is -0.205. The van der Waals surface area contributed by atoms with Crippen LogP contribution < -0.4 is 5.32 Å². The van der Waals surface area contributed by atoms with Gasteiger partial charge in [0.25, 0.3) is 0 Å². The molecule has 0 heterocycles. The number of carbonyl (C=O) groups is 1. The van der Waals surface area contributed by atoms with Gasteiger partial charge in [0, 0.05) is 12.2 Å². The first-order valence-electron chi connectivity index (χ1n) is 6.19. The number of carbonyl (C=O) groups excluding carboxylic acids is 1. The lowest BCUT2D eigenvalue weighted by Crippen LogP contribution is -2.23. The van der Waals surface area contributed by atoms with Crippen molar-refractivity contribution in [1.29, 1.82) is 0 Å². The Morgan fingerprint density at radius 1 is 1.29 bits per heavy atom. The average Bonchev–Trinajstić information content (AvgIpc) is 2.33. The third kappa shape index (κ3) is 13.7. The summed E-state index contributed by atoms with van der Waals surface area (Å²) in [5.41, 5.74) is 0. The van der Waals surface area contributed by atoms with Crippen LogP contribution in [0.25, 0.3) is 0 Å². The molecule has 0 rings (SSSR count). The Morgan fingerprint density at radius 2 is 2.06 bits per heavy atom. The molecule has 0 spiro atoms. The molecule has 0 bridgehead atoms. The standard InChI is InChI=1S/C12H22BNOS2/c1-13-9-7-10-14-12(15)8-5-3-4-6-11-17-16-2/h13H,3-6,8,10-11H2,1-2H3,(H,14,15). The first-order chi connectivity index (χ1) is 8.31. The molecular weight excluding hydrogens is 249 g/mol. The quantitative estimate of drug-likeness (QED) is 0.302. The van der Waals surface area contributed by atoms with E-state index < -0.39 is 0 Å². The molecule has 96 valence electrons. The van der Waals surface area contributed by atoms with Crippen molar-refractivity contribution in [2.75, 3.05) is 18.6 Å². The minimum atomic E-state index is 0.133. The zero-order valence-corrected chi connectivity index (χ0v) is 12.5. The van der Waals surface area contributed by atoms with Gasteiger partial charge < -0.3 is 5.32 Å². The maximum Gasteiger partial charge on any atom is 0.220 e. The molecule has 0 aliphatic heterocycles. The molecule has 0 fully saturated rings. The second-order valence-corrected chi connectivity index (χ2v) is 6.32. The van der Waals surface area contributed by atoms with Crippen LogP contribution in [0.2, 0.25) is 6.82 Å². The summed E-state index contributed by atoms with van der Waals surface area (Å²) in [5.74, 6) is 7.19. The predicted octanol–water partition coefficient (Wildman–Crippen LogP) is 2.51. The van der Waals surface area contributed by atoms with Crippen molar-refractivity contribution in [1.82, 2.24) is 5.32 Å². The van der Waals surface area contributed by atoms with E-state index in [-0.39, 0.29) is 5.91 Å². The van der Waals surface area contributed by atoms with Gasteiger partial charge in [-0.05, 0) is 19.1 Å². The highest BCUT2D eigenvalue weighted by atomic mass is 33.1. The minimum absolute atomic E-state index is 0.133. The predicted molar refractivity (Wildman–Crippen MR) is 82.9 cm³/mol. The fourth-order valence-electron chi connectivity index (χ4n) is 1.30. The highest BCUT2D eigenvalue weighted by Crippen LogP contribution is 2.18. The summed E-state index contributed by atoms with van der Waals surface area (Å²) in [7, 11) is 4.58. The molecular formula is C12H22BNOS2. The van der Waals surface area contributed by atoms with Crippen LogP contribution in [0.15, 0.2) is 0 Å². The van der Waals surface area contributed by atoms with Crippen molar-refractivity contribution in [3.05, 3.63) is 0 Å². The van der Waals surface area contributed by atoms with Crippen LogP contribution in [0.3, 0.4) is 0 Å². The van der Waals surface area contributed by atoms with Crippen LogP contribution in [0.1, 0.15) is 32.1 Å². The third-order valence-electron chi connectivity index (χ3n) is 2.18. The highest BCUT2D eigenvalue weighted by molar-refractivity contribution is 8.76. The molecule has 1 N–H and O–H groups in total. The molecule has 0 unspecified atom stereocenters. The molecule has 0 aromatic carbocycles. The molecule has 0 aromatic rings. The summed E-state index contributed by atoms with van der Waals surface area (Å²) in [6.45, 7) is 2.50. The van der Waals surface area contributed by atoms with E-state index in [0.717, 1.165) is 20.1 Å². The van der Waals surface area contributed by atoms with E-state index >= 15 is 0 Å². The largest absolute Gasteiger partial charge is 0.345 e. The monoisotopic (exact) mass is 271 g/mol. The van der Waals surface area contributed by atoms with Gasteiger partial charge in [-0.3, -0.25) is 4.79 Å². The Kier molecular flexibility index (Phi) is 13.7. The Labute approximate surface area is 114 Å². The lowest BCUT2D eigenvalue weighted by Gasteiger charge is -2.01. The molecule has 17 heavy (non-hydrogen) atoms. The lowest BCUT2D eigenvalue weighted by atomic mass is 9.84. The molecule has 0 saturated carbocycles. The SMILES string of the molecule is CBC#CCNC(=O)CCCCCCSSC. The first-order valence-corrected chi connectivity index (χ1v) is 8.92. The topological polar surface area (TPSA) is 29.1 Å². The normalized spacial score (nSPS) is 9.29. The van der Waals surface area contributed by atoms with Crippen molar-refractivity contribution in [3.8, 4) is 11.7 Å². The molecule has 0 radical (unpaired) electrons. The van der Waals surface area contributed by atoms with E-state index in [1.807, 2.05) is 28.4 Å². The van der Waals surface area contributed by atoms with Crippen molar-refractivity contribution in [3.63, 3.8) is 0 Å². The summed E-state index contributed by atoms with van der Waals surface area (Å²) in [6, 6.07) is 0. The first kappa shape index (κ1) is 16.8. The van der Waals surface area contributed by atoms with Crippen LogP contribution in [0, 0.1) is 11.7 Å². The molecule has 0 saturated heterocycles. The van der Waals surface area contributed by atoms with Gasteiger partial charge in [-0.15, -0.1) is 0 Å². The van der Waals surface area contributed by atoms with Crippen LogP contribution in [-0.2, 0) is 4.79 Å². The Morgan fingerprint density at radius 3 is 2.76 bits per heavy atom. The number of unbranched alkanes of at least 4 members (excludes halogenated alkanes) is 3. The molecule has 0 atom stereocenters. The van der Waals surface area contributed by atoms with Crippen molar-refractivity contribution in [2.45, 2.75) is 38.9 Å². The average molecular weight is 271 g/mol. The van der Waals surface area contributed by atoms with E-state index in [0.29, 0.717) is 13.0 Å². The molecule has 0 aliphatic carbocycles. The van der Waals surface area contributed by atoms with Gasteiger partial charge in [-0.1, -0.05) is 47.2 Å². The minimum Gasteiger partial charge on any atom is -0.345 e. The number of nitrogens with one attached hydrogen (secondary N) is 1. The van der Waals surface area contributed by atoms with Crippen molar-refractivity contribution >= 4 is 34.8 Å². The molecule has 0 aromatic heterocycles. The van der Waals surface area contributed by atoms with E-state index in [9.17, 15) is 4.79 Å². The lowest BCUT2D eigenvalue weighted by molar-refractivity contribution is -0.120. The van der Waals surface area contributed by atoms with Crippen LogP contribution >= 0.6 is 21.6 Å². The second-order valence-electron chi connectivity index (χ2n) is 3.64. The number of hydrogen-bond acceptors (Lipinski definition) is 3. The summed E-state index contributed by atoms with van der Waals surface area (Å²) in [4.78, 5) is 11.4. The number of hydrogen-bond donors (Lipinski definition) is 1. The summed E-state index contributed by atoms with van der Waals surface area (Å²) >= 11 is 0. The fraction of sp³-hybridized carbons (Fsp3) is 0.750. The van der Waals surface area contributed by atoms with Crippen molar-refractivity contribution < 1.29 is 4.79 Å². The van der Waals surface area contributed by atoms with Gasteiger partial charge in [-0.25, -0.2) is 0 Å². The zero-order chi connectivity index (χ0) is 12.8. The fourth-order valence-corrected chi connectivity index (χ4v) is 2.64. The van der Waals surface area contributed by atoms with E-state index in [4.69, 9.17) is 0 Å². The Bertz CT molecular complexity index is 251. The number of rotatable bonds is 9. The van der Waals surface area contributed by atoms with Crippen LogP contribution in [0.5, 0.6) is 0 Å². The van der Waals surface area contributed by atoms with E-state index in [1.165, 1.54) is 18.6 Å². The zero-order valence-electron chi connectivity index (χ0n) is 10.9. The Balaban J connectivity index is 3.22. The van der Waals surface area contributed by atoms with Gasteiger partial charge in [0.05, 0.1) is 6.54 Å². The maximum atomic E-state index is 11.4. The smallest absolute Gasteiger partial charge is 0.220 e. The number of amides is 1. The van der Waals surface area contributed by atoms with Gasteiger partial charge in [0.2, 0.25) is 13.2 Å². The second kappa shape index (κ2) is 13.9.